The van der Waals surface area contributed by atoms with Crippen LogP contribution in [0.4, 0.5) is 4.39 Å². The second-order valence-corrected chi connectivity index (χ2v) is 11.6. The molecule has 3 aliphatic rings. The summed E-state index contributed by atoms with van der Waals surface area (Å²) in [5.41, 5.74) is 1.93. The molecule has 8 nitrogen and oxygen atoms in total. The van der Waals surface area contributed by atoms with Crippen molar-refractivity contribution in [2.24, 2.45) is 11.8 Å². The molecule has 2 aliphatic heterocycles. The number of nitrogens with zero attached hydrogens (tertiary/aromatic N) is 1. The van der Waals surface area contributed by atoms with Gasteiger partial charge in [-0.15, -0.1) is 11.8 Å². The third-order valence-corrected chi connectivity index (χ3v) is 8.83. The highest BCUT2D eigenvalue weighted by Gasteiger charge is 2.50. The zero-order valence-electron chi connectivity index (χ0n) is 21.8. The van der Waals surface area contributed by atoms with E-state index in [1.165, 1.54) is 11.8 Å². The number of piperidine rings is 1. The van der Waals surface area contributed by atoms with Gasteiger partial charge in [0.1, 0.15) is 6.17 Å². The Balaban J connectivity index is 1.29. The normalized spacial score (nSPS) is 24.4. The lowest BCUT2D eigenvalue weighted by Crippen LogP contribution is -2.50. The summed E-state index contributed by atoms with van der Waals surface area (Å²) in [5, 5.41) is 3.09. The maximum Gasteiger partial charge on any atom is 0.254 e. The minimum Gasteiger partial charge on any atom is -0.448 e. The highest BCUT2D eigenvalue weighted by Crippen LogP contribution is 2.51. The van der Waals surface area contributed by atoms with E-state index in [-0.39, 0.29) is 34.9 Å². The quantitative estimate of drug-likeness (QED) is 0.506. The first-order valence-corrected chi connectivity index (χ1v) is 14.3. The van der Waals surface area contributed by atoms with Crippen LogP contribution in [-0.2, 0) is 11.3 Å². The molecule has 11 heteroatoms. The summed E-state index contributed by atoms with van der Waals surface area (Å²) in [6.07, 6.45) is 2.49. The van der Waals surface area contributed by atoms with Gasteiger partial charge in [0.05, 0.1) is 10.9 Å². The molecule has 38 heavy (non-hydrogen) atoms. The molecule has 2 aromatic rings. The number of pyridine rings is 1. The molecule has 2 amide bonds. The Hall–Kier alpha value is -2.72. The number of hydrogen-bond acceptors (Lipinski definition) is 6. The Morgan fingerprint density at radius 3 is 2.53 bits per heavy atom. The number of aromatic nitrogens is 1. The van der Waals surface area contributed by atoms with Gasteiger partial charge >= 0.3 is 0 Å². The predicted molar refractivity (Wildman–Crippen MR) is 143 cm³/mol. The lowest BCUT2D eigenvalue weighted by atomic mass is 9.89. The van der Waals surface area contributed by atoms with Gasteiger partial charge in [-0.25, -0.2) is 4.39 Å². The summed E-state index contributed by atoms with van der Waals surface area (Å²) < 4.78 is 25.9. The number of ether oxygens (including phenoxy) is 2. The maximum atomic E-state index is 13.3. The number of nitrogens with one attached hydrogen (secondary N) is 2. The summed E-state index contributed by atoms with van der Waals surface area (Å²) in [6.45, 7) is 6.53. The zero-order valence-corrected chi connectivity index (χ0v) is 23.4. The van der Waals surface area contributed by atoms with E-state index in [0.717, 1.165) is 10.6 Å². The number of alkyl halides is 1. The number of thioether (sulfide) groups is 1. The molecule has 3 heterocycles. The second kappa shape index (κ2) is 10.1. The molecule has 2 N–H and O–H groups in total. The fraction of sp³-hybridized carbons (Fsp3) is 0.519. The van der Waals surface area contributed by atoms with E-state index >= 15 is 0 Å². The van der Waals surface area contributed by atoms with E-state index < -0.39 is 17.9 Å². The van der Waals surface area contributed by atoms with Gasteiger partial charge in [0, 0.05) is 59.8 Å². The fourth-order valence-electron chi connectivity index (χ4n) is 5.33. The monoisotopic (exact) mass is 563 g/mol. The molecule has 0 radical (unpaired) electrons. The van der Waals surface area contributed by atoms with Crippen molar-refractivity contribution in [1.82, 2.24) is 15.2 Å². The van der Waals surface area contributed by atoms with Crippen LogP contribution in [0.3, 0.4) is 0 Å². The Morgan fingerprint density at radius 2 is 1.89 bits per heavy atom. The van der Waals surface area contributed by atoms with Crippen LogP contribution in [0.15, 0.2) is 21.8 Å². The first-order chi connectivity index (χ1) is 18.0. The molecule has 204 valence electrons. The summed E-state index contributed by atoms with van der Waals surface area (Å²) in [4.78, 5) is 43.3. The van der Waals surface area contributed by atoms with Gasteiger partial charge in [-0.05, 0) is 51.5 Å². The number of H-pyrrole nitrogens is 1. The number of benzene rings is 1. The highest BCUT2D eigenvalue weighted by molar-refractivity contribution is 7.98. The third kappa shape index (κ3) is 4.88. The first-order valence-electron chi connectivity index (χ1n) is 12.7. The molecule has 1 aromatic heterocycles. The van der Waals surface area contributed by atoms with Crippen molar-refractivity contribution < 1.29 is 23.5 Å². The highest BCUT2D eigenvalue weighted by atomic mass is 35.5. The van der Waals surface area contributed by atoms with Gasteiger partial charge in [-0.3, -0.25) is 14.4 Å². The van der Waals surface area contributed by atoms with Crippen LogP contribution in [-0.4, -0.2) is 53.0 Å². The zero-order chi connectivity index (χ0) is 27.4. The standard InChI is InChI=1S/C27H31ClFN3O5S/c1-13-9-21(38-4)18(25(34)31-13)12-30-24(33)16-10-19(28)23-22(14(16)2)36-27(3,37-23)15-5-7-32(8-6-15)26(35)17-11-20(17)29/h9-10,15,17,20H,5-8,11-12H2,1-4H3,(H,30,33)(H,31,34)/t17-,20+,27-/m1/s1. The van der Waals surface area contributed by atoms with Crippen LogP contribution in [0.5, 0.6) is 11.5 Å². The molecule has 0 spiro atoms. The van der Waals surface area contributed by atoms with Crippen LogP contribution in [0, 0.1) is 25.7 Å². The number of aromatic amines is 1. The predicted octanol–water partition coefficient (Wildman–Crippen LogP) is 4.38. The van der Waals surface area contributed by atoms with Gasteiger partial charge in [-0.2, -0.15) is 0 Å². The van der Waals surface area contributed by atoms with Crippen LogP contribution >= 0.6 is 23.4 Å². The number of rotatable bonds is 6. The summed E-state index contributed by atoms with van der Waals surface area (Å²) in [5.74, 6) is -1.19. The maximum absolute atomic E-state index is 13.3. The second-order valence-electron chi connectivity index (χ2n) is 10.4. The molecule has 5 rings (SSSR count). The minimum atomic E-state index is -1.01. The number of likely N-dealkylation sites (tertiary alicyclic amines) is 1. The number of halogens is 2. The van der Waals surface area contributed by atoms with Crippen molar-refractivity contribution in [2.75, 3.05) is 19.3 Å². The Bertz CT molecular complexity index is 1360. The molecule has 0 unspecified atom stereocenters. The molecule has 1 saturated carbocycles. The van der Waals surface area contributed by atoms with Crippen molar-refractivity contribution >= 4 is 35.2 Å². The Kier molecular flexibility index (Phi) is 7.15. The average Bonchev–Trinajstić information content (AvgIpc) is 3.50. The van der Waals surface area contributed by atoms with E-state index in [2.05, 4.69) is 10.3 Å². The van der Waals surface area contributed by atoms with Gasteiger partial charge < -0.3 is 24.7 Å². The molecule has 1 saturated heterocycles. The Labute approximate surface area is 229 Å². The van der Waals surface area contributed by atoms with Crippen molar-refractivity contribution in [3.8, 4) is 11.5 Å². The molecule has 0 bridgehead atoms. The number of hydrogen-bond donors (Lipinski definition) is 2. The van der Waals surface area contributed by atoms with E-state index in [1.54, 1.807) is 17.9 Å². The van der Waals surface area contributed by atoms with E-state index in [4.69, 9.17) is 21.1 Å². The van der Waals surface area contributed by atoms with Crippen LogP contribution in [0.1, 0.15) is 53.4 Å². The molecular weight excluding hydrogens is 533 g/mol. The molecule has 1 aliphatic carbocycles. The number of aryl methyl sites for hydroxylation is 1. The lowest BCUT2D eigenvalue weighted by Gasteiger charge is -2.38. The number of carbonyl (C=O) groups excluding carboxylic acids is 2. The van der Waals surface area contributed by atoms with Crippen molar-refractivity contribution in [2.45, 2.75) is 63.4 Å². The average molecular weight is 564 g/mol. The number of fused-ring (bicyclic) bond motifs is 1. The Morgan fingerprint density at radius 1 is 1.24 bits per heavy atom. The van der Waals surface area contributed by atoms with Crippen molar-refractivity contribution in [1.29, 1.82) is 0 Å². The van der Waals surface area contributed by atoms with Gasteiger partial charge in [-0.1, -0.05) is 11.6 Å². The smallest absolute Gasteiger partial charge is 0.254 e. The SMILES string of the molecule is CSc1cc(C)[nH]c(=O)c1CNC(=O)c1cc(Cl)c2c(c1C)O[C@@](C)(C1CCN(C(=O)[C@@H]3C[C@@H]3F)CC1)O2. The van der Waals surface area contributed by atoms with Gasteiger partial charge in [0.25, 0.3) is 17.3 Å². The third-order valence-electron chi connectivity index (χ3n) is 7.75. The van der Waals surface area contributed by atoms with Gasteiger partial charge in [0.15, 0.2) is 11.5 Å². The largest absolute Gasteiger partial charge is 0.448 e. The minimum absolute atomic E-state index is 0.0229. The van der Waals surface area contributed by atoms with E-state index in [1.807, 2.05) is 26.2 Å². The topological polar surface area (TPSA) is 101 Å². The van der Waals surface area contributed by atoms with Gasteiger partial charge in [0.2, 0.25) is 5.91 Å². The first kappa shape index (κ1) is 26.9. The lowest BCUT2D eigenvalue weighted by molar-refractivity contribution is -0.144. The molecular formula is C27H31ClFN3O5S. The van der Waals surface area contributed by atoms with Crippen molar-refractivity contribution in [3.63, 3.8) is 0 Å². The van der Waals surface area contributed by atoms with Crippen LogP contribution < -0.4 is 20.3 Å². The fourth-order valence-corrected chi connectivity index (χ4v) is 6.27. The molecule has 2 fully saturated rings. The summed E-state index contributed by atoms with van der Waals surface area (Å²) in [7, 11) is 0. The van der Waals surface area contributed by atoms with E-state index in [0.29, 0.717) is 60.5 Å². The summed E-state index contributed by atoms with van der Waals surface area (Å²) in [6, 6.07) is 3.43. The number of amides is 2. The number of carbonyl (C=O) groups is 2. The molecule has 3 atom stereocenters. The summed E-state index contributed by atoms with van der Waals surface area (Å²) >= 11 is 8.00. The van der Waals surface area contributed by atoms with Crippen molar-refractivity contribution in [3.05, 3.63) is 49.9 Å². The molecule has 1 aromatic carbocycles. The van der Waals surface area contributed by atoms with Crippen LogP contribution in [0.2, 0.25) is 5.02 Å². The van der Waals surface area contributed by atoms with E-state index in [9.17, 15) is 18.8 Å². The van der Waals surface area contributed by atoms with Crippen LogP contribution in [0.25, 0.3) is 0 Å².